The SMILES string of the molecule is Cc1cc(C)c(CCN(C)CCCC#N)c(C)c1. The first-order valence-corrected chi connectivity index (χ1v) is 6.67. The van der Waals surface area contributed by atoms with Crippen molar-refractivity contribution in [2.75, 3.05) is 20.1 Å². The molecule has 2 heteroatoms. The lowest BCUT2D eigenvalue weighted by molar-refractivity contribution is 0.335. The number of likely N-dealkylation sites (N-methyl/N-ethyl adjacent to an activating group) is 1. The van der Waals surface area contributed by atoms with E-state index in [9.17, 15) is 0 Å². The molecule has 0 radical (unpaired) electrons. The molecule has 18 heavy (non-hydrogen) atoms. The molecule has 0 atom stereocenters. The minimum absolute atomic E-state index is 0.660. The minimum atomic E-state index is 0.660. The van der Waals surface area contributed by atoms with E-state index in [1.807, 2.05) is 0 Å². The van der Waals surface area contributed by atoms with Gasteiger partial charge in [-0.1, -0.05) is 17.7 Å². The second kappa shape index (κ2) is 7.18. The zero-order valence-corrected chi connectivity index (χ0v) is 12.1. The maximum absolute atomic E-state index is 8.52. The Labute approximate surface area is 111 Å². The maximum Gasteiger partial charge on any atom is 0.0622 e. The predicted molar refractivity (Wildman–Crippen MR) is 76.7 cm³/mol. The van der Waals surface area contributed by atoms with Crippen molar-refractivity contribution in [3.05, 3.63) is 34.4 Å². The fraction of sp³-hybridized carbons (Fsp3) is 0.562. The topological polar surface area (TPSA) is 27.0 Å². The number of rotatable bonds is 6. The van der Waals surface area contributed by atoms with E-state index in [-0.39, 0.29) is 0 Å². The summed E-state index contributed by atoms with van der Waals surface area (Å²) in [6, 6.07) is 6.72. The van der Waals surface area contributed by atoms with Gasteiger partial charge in [0.25, 0.3) is 0 Å². The van der Waals surface area contributed by atoms with Crippen molar-refractivity contribution in [1.29, 1.82) is 5.26 Å². The van der Waals surface area contributed by atoms with E-state index in [1.165, 1.54) is 22.3 Å². The number of hydrogen-bond acceptors (Lipinski definition) is 2. The molecule has 0 aromatic heterocycles. The Hall–Kier alpha value is -1.33. The molecular weight excluding hydrogens is 220 g/mol. The summed E-state index contributed by atoms with van der Waals surface area (Å²) in [5.41, 5.74) is 5.62. The van der Waals surface area contributed by atoms with Crippen LogP contribution in [0.15, 0.2) is 12.1 Å². The van der Waals surface area contributed by atoms with E-state index in [4.69, 9.17) is 5.26 Å². The van der Waals surface area contributed by atoms with Gasteiger partial charge in [0.2, 0.25) is 0 Å². The van der Waals surface area contributed by atoms with Crippen LogP contribution in [-0.2, 0) is 6.42 Å². The molecule has 0 heterocycles. The lowest BCUT2D eigenvalue weighted by Gasteiger charge is -2.18. The van der Waals surface area contributed by atoms with Crippen molar-refractivity contribution in [1.82, 2.24) is 4.90 Å². The van der Waals surface area contributed by atoms with Crippen LogP contribution in [0.4, 0.5) is 0 Å². The fourth-order valence-corrected chi connectivity index (χ4v) is 2.45. The van der Waals surface area contributed by atoms with Crippen LogP contribution in [0.25, 0.3) is 0 Å². The first kappa shape index (κ1) is 14.7. The summed E-state index contributed by atoms with van der Waals surface area (Å²) in [4.78, 5) is 2.32. The average Bonchev–Trinajstić information content (AvgIpc) is 2.27. The Morgan fingerprint density at radius 3 is 2.28 bits per heavy atom. The molecule has 0 fully saturated rings. The van der Waals surface area contributed by atoms with E-state index >= 15 is 0 Å². The maximum atomic E-state index is 8.52. The zero-order valence-electron chi connectivity index (χ0n) is 12.1. The third-order valence-corrected chi connectivity index (χ3v) is 3.41. The second-order valence-corrected chi connectivity index (χ2v) is 5.19. The number of nitriles is 1. The highest BCUT2D eigenvalue weighted by atomic mass is 15.1. The lowest BCUT2D eigenvalue weighted by Crippen LogP contribution is -2.22. The molecule has 0 N–H and O–H groups in total. The van der Waals surface area contributed by atoms with Gasteiger partial charge in [0.05, 0.1) is 6.07 Å². The summed E-state index contributed by atoms with van der Waals surface area (Å²) in [5, 5.41) is 8.52. The highest BCUT2D eigenvalue weighted by Gasteiger charge is 2.05. The van der Waals surface area contributed by atoms with Crippen molar-refractivity contribution in [3.8, 4) is 6.07 Å². The molecule has 0 saturated heterocycles. The normalized spacial score (nSPS) is 10.7. The number of benzene rings is 1. The molecule has 0 bridgehead atoms. The monoisotopic (exact) mass is 244 g/mol. The smallest absolute Gasteiger partial charge is 0.0622 e. The van der Waals surface area contributed by atoms with Crippen molar-refractivity contribution in [2.45, 2.75) is 40.0 Å². The van der Waals surface area contributed by atoms with Gasteiger partial charge in [0, 0.05) is 13.0 Å². The standard InChI is InChI=1S/C16H24N2/c1-13-11-14(2)16(15(3)12-13)7-10-18(4)9-6-5-8-17/h11-12H,5-7,9-10H2,1-4H3. The molecule has 2 nitrogen and oxygen atoms in total. The molecular formula is C16H24N2. The Balaban J connectivity index is 2.51. The van der Waals surface area contributed by atoms with Crippen LogP contribution in [0.5, 0.6) is 0 Å². The predicted octanol–water partition coefficient (Wildman–Crippen LogP) is 3.39. The van der Waals surface area contributed by atoms with Gasteiger partial charge in [-0.2, -0.15) is 5.26 Å². The van der Waals surface area contributed by atoms with Crippen molar-refractivity contribution in [3.63, 3.8) is 0 Å². The van der Waals surface area contributed by atoms with Crippen molar-refractivity contribution in [2.24, 2.45) is 0 Å². The third-order valence-electron chi connectivity index (χ3n) is 3.41. The summed E-state index contributed by atoms with van der Waals surface area (Å²) in [7, 11) is 2.14. The molecule has 0 unspecified atom stereocenters. The molecule has 1 rings (SSSR count). The van der Waals surface area contributed by atoms with E-state index < -0.39 is 0 Å². The van der Waals surface area contributed by atoms with Crippen LogP contribution in [0.2, 0.25) is 0 Å². The minimum Gasteiger partial charge on any atom is -0.306 e. The van der Waals surface area contributed by atoms with Gasteiger partial charge in [0.15, 0.2) is 0 Å². The Kier molecular flexibility index (Phi) is 5.88. The highest BCUT2D eigenvalue weighted by Crippen LogP contribution is 2.17. The summed E-state index contributed by atoms with van der Waals surface area (Å²) in [6.07, 6.45) is 2.73. The fourth-order valence-electron chi connectivity index (χ4n) is 2.45. The molecule has 1 aromatic carbocycles. The van der Waals surface area contributed by atoms with Gasteiger partial charge in [0.1, 0.15) is 0 Å². The number of aryl methyl sites for hydroxylation is 3. The Morgan fingerprint density at radius 2 is 1.72 bits per heavy atom. The summed E-state index contributed by atoms with van der Waals surface area (Å²) >= 11 is 0. The van der Waals surface area contributed by atoms with Crippen LogP contribution in [0, 0.1) is 32.1 Å². The molecule has 0 spiro atoms. The molecule has 0 saturated carbocycles. The Morgan fingerprint density at radius 1 is 1.11 bits per heavy atom. The number of hydrogen-bond donors (Lipinski definition) is 0. The van der Waals surface area contributed by atoms with Gasteiger partial charge in [-0.15, -0.1) is 0 Å². The largest absolute Gasteiger partial charge is 0.306 e. The summed E-state index contributed by atoms with van der Waals surface area (Å²) in [6.45, 7) is 8.63. The van der Waals surface area contributed by atoms with Crippen LogP contribution in [-0.4, -0.2) is 25.0 Å². The van der Waals surface area contributed by atoms with Gasteiger partial charge < -0.3 is 4.90 Å². The first-order chi connectivity index (χ1) is 8.54. The van der Waals surface area contributed by atoms with Crippen molar-refractivity contribution >= 4 is 0 Å². The van der Waals surface area contributed by atoms with E-state index in [0.29, 0.717) is 6.42 Å². The molecule has 0 aliphatic heterocycles. The van der Waals surface area contributed by atoms with Gasteiger partial charge in [-0.25, -0.2) is 0 Å². The van der Waals surface area contributed by atoms with Gasteiger partial charge >= 0.3 is 0 Å². The average molecular weight is 244 g/mol. The van der Waals surface area contributed by atoms with Crippen LogP contribution in [0.1, 0.15) is 35.1 Å². The van der Waals surface area contributed by atoms with Crippen molar-refractivity contribution < 1.29 is 0 Å². The van der Waals surface area contributed by atoms with Gasteiger partial charge in [-0.05, 0) is 63.9 Å². The summed E-state index contributed by atoms with van der Waals surface area (Å²) < 4.78 is 0. The van der Waals surface area contributed by atoms with E-state index in [0.717, 1.165) is 25.9 Å². The van der Waals surface area contributed by atoms with Gasteiger partial charge in [-0.3, -0.25) is 0 Å². The second-order valence-electron chi connectivity index (χ2n) is 5.19. The molecule has 0 aliphatic carbocycles. The van der Waals surface area contributed by atoms with Crippen LogP contribution in [0.3, 0.4) is 0 Å². The molecule has 98 valence electrons. The Bertz CT molecular complexity index is 406. The number of nitrogens with zero attached hydrogens (tertiary/aromatic N) is 2. The molecule has 0 amide bonds. The number of unbranched alkanes of at least 4 members (excludes halogenated alkanes) is 1. The third kappa shape index (κ3) is 4.50. The molecule has 1 aromatic rings. The molecule has 0 aliphatic rings. The van der Waals surface area contributed by atoms with E-state index in [1.54, 1.807) is 0 Å². The van der Waals surface area contributed by atoms with E-state index in [2.05, 4.69) is 50.9 Å². The zero-order chi connectivity index (χ0) is 13.5. The highest BCUT2D eigenvalue weighted by molar-refractivity contribution is 5.37. The summed E-state index contributed by atoms with van der Waals surface area (Å²) in [5.74, 6) is 0. The lowest BCUT2D eigenvalue weighted by atomic mass is 9.97. The van der Waals surface area contributed by atoms with Crippen LogP contribution < -0.4 is 0 Å². The van der Waals surface area contributed by atoms with Crippen LogP contribution >= 0.6 is 0 Å². The quantitative estimate of drug-likeness (QED) is 0.717. The first-order valence-electron chi connectivity index (χ1n) is 6.67.